The molecule has 7 nitrogen and oxygen atoms in total. The lowest BCUT2D eigenvalue weighted by Crippen LogP contribution is -2.32. The van der Waals surface area contributed by atoms with E-state index in [1.807, 2.05) is 24.3 Å². The second kappa shape index (κ2) is 8.59. The average Bonchev–Trinajstić information content (AvgIpc) is 3.39. The van der Waals surface area contributed by atoms with Crippen LogP contribution in [-0.2, 0) is 16.1 Å². The zero-order valence-corrected chi connectivity index (χ0v) is 17.1. The Kier molecular flexibility index (Phi) is 5.72. The van der Waals surface area contributed by atoms with Crippen LogP contribution in [0.5, 0.6) is 5.75 Å². The van der Waals surface area contributed by atoms with Gasteiger partial charge in [0.2, 0.25) is 11.8 Å². The van der Waals surface area contributed by atoms with E-state index in [4.69, 9.17) is 20.9 Å². The van der Waals surface area contributed by atoms with Gasteiger partial charge < -0.3 is 19.5 Å². The first-order chi connectivity index (χ1) is 14.5. The maximum absolute atomic E-state index is 12.6. The van der Waals surface area contributed by atoms with Crippen molar-refractivity contribution in [3.05, 3.63) is 65.3 Å². The summed E-state index contributed by atoms with van der Waals surface area (Å²) in [5, 5.41) is 7.48. The number of aromatic nitrogens is 1. The Hall–Kier alpha value is -3.32. The van der Waals surface area contributed by atoms with E-state index in [1.54, 1.807) is 42.3 Å². The van der Waals surface area contributed by atoms with Gasteiger partial charge in [0.15, 0.2) is 5.76 Å². The molecule has 0 radical (unpaired) electrons. The number of nitrogens with one attached hydrogen (secondary N) is 1. The number of carbonyl (C=O) groups is 2. The molecule has 1 aliphatic rings. The number of hydrogen-bond donors (Lipinski definition) is 1. The van der Waals surface area contributed by atoms with Crippen molar-refractivity contribution in [3.8, 4) is 17.1 Å². The van der Waals surface area contributed by atoms with Gasteiger partial charge >= 0.3 is 0 Å². The maximum Gasteiger partial charge on any atom is 0.227 e. The first-order valence-corrected chi connectivity index (χ1v) is 9.85. The molecule has 0 spiro atoms. The summed E-state index contributed by atoms with van der Waals surface area (Å²) in [5.74, 6) is 0.632. The molecule has 1 N–H and O–H groups in total. The summed E-state index contributed by atoms with van der Waals surface area (Å²) in [5.41, 5.74) is 2.20. The summed E-state index contributed by atoms with van der Waals surface area (Å²) in [7, 11) is 1.59. The summed E-state index contributed by atoms with van der Waals surface area (Å²) in [6.07, 6.45) is 0.173. The summed E-state index contributed by atoms with van der Waals surface area (Å²) in [6.45, 7) is 0.564. The predicted octanol–water partition coefficient (Wildman–Crippen LogP) is 3.67. The van der Waals surface area contributed by atoms with E-state index >= 15 is 0 Å². The second-order valence-electron chi connectivity index (χ2n) is 7.01. The van der Waals surface area contributed by atoms with Crippen molar-refractivity contribution in [2.24, 2.45) is 5.92 Å². The van der Waals surface area contributed by atoms with E-state index in [0.717, 1.165) is 11.3 Å². The highest BCUT2D eigenvalue weighted by Gasteiger charge is 2.35. The first kappa shape index (κ1) is 20.0. The fraction of sp³-hybridized carbons (Fsp3) is 0.227. The van der Waals surface area contributed by atoms with Crippen molar-refractivity contribution in [3.63, 3.8) is 0 Å². The van der Waals surface area contributed by atoms with Crippen LogP contribution in [0.3, 0.4) is 0 Å². The fourth-order valence-electron chi connectivity index (χ4n) is 3.36. The number of ether oxygens (including phenoxy) is 1. The number of methoxy groups -OCH3 is 1. The lowest BCUT2D eigenvalue weighted by Gasteiger charge is -2.17. The topological polar surface area (TPSA) is 84.7 Å². The number of halogens is 1. The van der Waals surface area contributed by atoms with E-state index in [1.165, 1.54) is 0 Å². The number of nitrogens with zero attached hydrogens (tertiary/aromatic N) is 2. The van der Waals surface area contributed by atoms with Crippen molar-refractivity contribution < 1.29 is 18.8 Å². The molecule has 154 valence electrons. The normalized spacial score (nSPS) is 16.0. The van der Waals surface area contributed by atoms with E-state index in [-0.39, 0.29) is 24.8 Å². The third kappa shape index (κ3) is 4.31. The third-order valence-corrected chi connectivity index (χ3v) is 5.26. The molecule has 1 atom stereocenters. The monoisotopic (exact) mass is 425 g/mol. The minimum Gasteiger partial charge on any atom is -0.497 e. The molecule has 0 bridgehead atoms. The quantitative estimate of drug-likeness (QED) is 0.651. The van der Waals surface area contributed by atoms with Gasteiger partial charge in [-0.3, -0.25) is 9.59 Å². The zero-order valence-electron chi connectivity index (χ0n) is 16.3. The molecule has 0 aliphatic carbocycles. The van der Waals surface area contributed by atoms with Gasteiger partial charge in [-0.1, -0.05) is 16.8 Å². The molecule has 3 aromatic rings. The van der Waals surface area contributed by atoms with Crippen molar-refractivity contribution in [2.45, 2.75) is 13.0 Å². The molecule has 30 heavy (non-hydrogen) atoms. The van der Waals surface area contributed by atoms with Crippen LogP contribution in [0.25, 0.3) is 11.3 Å². The molecule has 2 heterocycles. The van der Waals surface area contributed by atoms with Crippen LogP contribution in [0.4, 0.5) is 5.69 Å². The molecule has 8 heteroatoms. The zero-order chi connectivity index (χ0) is 21.1. The van der Waals surface area contributed by atoms with E-state index in [9.17, 15) is 9.59 Å². The summed E-state index contributed by atoms with van der Waals surface area (Å²) in [4.78, 5) is 26.6. The lowest BCUT2D eigenvalue weighted by molar-refractivity contribution is -0.126. The lowest BCUT2D eigenvalue weighted by atomic mass is 10.1. The largest absolute Gasteiger partial charge is 0.497 e. The van der Waals surface area contributed by atoms with Crippen molar-refractivity contribution >= 4 is 29.1 Å². The summed E-state index contributed by atoms with van der Waals surface area (Å²) in [6, 6.07) is 16.2. The SMILES string of the molecule is COc1ccc(N2CC(C(=O)NCc3cc(-c4ccc(Cl)cc4)on3)CC2=O)cc1. The Labute approximate surface area is 178 Å². The molecule has 2 amide bonds. The van der Waals surface area contributed by atoms with Gasteiger partial charge in [-0.15, -0.1) is 0 Å². The number of rotatable bonds is 6. The van der Waals surface area contributed by atoms with Gasteiger partial charge in [0.25, 0.3) is 0 Å². The van der Waals surface area contributed by atoms with E-state index in [0.29, 0.717) is 28.8 Å². The smallest absolute Gasteiger partial charge is 0.227 e. The number of anilines is 1. The fourth-order valence-corrected chi connectivity index (χ4v) is 3.49. The number of benzene rings is 2. The third-order valence-electron chi connectivity index (χ3n) is 5.01. The Morgan fingerprint density at radius 3 is 2.67 bits per heavy atom. The second-order valence-corrected chi connectivity index (χ2v) is 7.45. The number of carbonyl (C=O) groups excluding carboxylic acids is 2. The van der Waals surface area contributed by atoms with Crippen LogP contribution in [-0.4, -0.2) is 30.6 Å². The molecule has 1 unspecified atom stereocenters. The minimum absolute atomic E-state index is 0.0771. The van der Waals surface area contributed by atoms with Gasteiger partial charge in [-0.25, -0.2) is 0 Å². The van der Waals surface area contributed by atoms with Gasteiger partial charge in [-0.05, 0) is 48.5 Å². The van der Waals surface area contributed by atoms with Crippen molar-refractivity contribution in [1.29, 1.82) is 0 Å². The van der Waals surface area contributed by atoms with E-state index < -0.39 is 5.92 Å². The highest BCUT2D eigenvalue weighted by atomic mass is 35.5. The highest BCUT2D eigenvalue weighted by molar-refractivity contribution is 6.30. The average molecular weight is 426 g/mol. The first-order valence-electron chi connectivity index (χ1n) is 9.47. The van der Waals surface area contributed by atoms with Crippen LogP contribution in [0.15, 0.2) is 59.1 Å². The Balaban J connectivity index is 1.34. The number of hydrogen-bond acceptors (Lipinski definition) is 5. The van der Waals surface area contributed by atoms with Gasteiger partial charge in [0, 0.05) is 35.3 Å². The van der Waals surface area contributed by atoms with Gasteiger partial charge in [-0.2, -0.15) is 0 Å². The Morgan fingerprint density at radius 2 is 1.97 bits per heavy atom. The summed E-state index contributed by atoms with van der Waals surface area (Å²) < 4.78 is 10.5. The minimum atomic E-state index is -0.415. The van der Waals surface area contributed by atoms with Crippen LogP contribution in [0, 0.1) is 5.92 Å². The van der Waals surface area contributed by atoms with Crippen LogP contribution < -0.4 is 15.0 Å². The van der Waals surface area contributed by atoms with Crippen LogP contribution in [0.1, 0.15) is 12.1 Å². The molecule has 2 aromatic carbocycles. The van der Waals surface area contributed by atoms with E-state index in [2.05, 4.69) is 10.5 Å². The molecule has 0 saturated carbocycles. The van der Waals surface area contributed by atoms with Crippen molar-refractivity contribution in [1.82, 2.24) is 10.5 Å². The number of amides is 2. The standard InChI is InChI=1S/C22H20ClN3O4/c1-29-19-8-6-18(7-9-19)26-13-15(10-21(26)27)22(28)24-12-17-11-20(30-25-17)14-2-4-16(23)5-3-14/h2-9,11,15H,10,12-13H2,1H3,(H,24,28). The molecule has 4 rings (SSSR count). The maximum atomic E-state index is 12.6. The van der Waals surface area contributed by atoms with Crippen molar-refractivity contribution in [2.75, 3.05) is 18.6 Å². The molecule has 1 aliphatic heterocycles. The van der Waals surface area contributed by atoms with Gasteiger partial charge in [0.05, 0.1) is 19.6 Å². The van der Waals surface area contributed by atoms with Crippen LogP contribution in [0.2, 0.25) is 5.02 Å². The summed E-state index contributed by atoms with van der Waals surface area (Å²) >= 11 is 5.90. The highest BCUT2D eigenvalue weighted by Crippen LogP contribution is 2.27. The molecular formula is C22H20ClN3O4. The molecule has 1 aromatic heterocycles. The Morgan fingerprint density at radius 1 is 1.23 bits per heavy atom. The Bertz CT molecular complexity index is 1050. The molecule has 1 fully saturated rings. The predicted molar refractivity (Wildman–Crippen MR) is 112 cm³/mol. The molecule has 1 saturated heterocycles. The van der Waals surface area contributed by atoms with Gasteiger partial charge in [0.1, 0.15) is 11.4 Å². The van der Waals surface area contributed by atoms with Crippen LogP contribution >= 0.6 is 11.6 Å². The molecular weight excluding hydrogens is 406 g/mol.